The summed E-state index contributed by atoms with van der Waals surface area (Å²) < 4.78 is 1.54. The highest BCUT2D eigenvalue weighted by molar-refractivity contribution is 7.15. The van der Waals surface area contributed by atoms with Gasteiger partial charge < -0.3 is 20.3 Å². The first-order valence-corrected chi connectivity index (χ1v) is 10.2. The number of aromatic nitrogens is 2. The van der Waals surface area contributed by atoms with Crippen molar-refractivity contribution in [2.45, 2.75) is 51.0 Å². The molecule has 1 aliphatic heterocycles. The number of carbonyl (C=O) groups excluding carboxylic acids is 1. The lowest BCUT2D eigenvalue weighted by Gasteiger charge is -2.33. The van der Waals surface area contributed by atoms with E-state index >= 15 is 0 Å². The van der Waals surface area contributed by atoms with Crippen LogP contribution in [0.5, 0.6) is 0 Å². The Morgan fingerprint density at radius 3 is 2.65 bits per heavy atom. The zero-order valence-electron chi connectivity index (χ0n) is 14.6. The van der Waals surface area contributed by atoms with Gasteiger partial charge in [0.15, 0.2) is 0 Å². The monoisotopic (exact) mass is 377 g/mol. The summed E-state index contributed by atoms with van der Waals surface area (Å²) in [6.07, 6.45) is 8.82. The lowest BCUT2D eigenvalue weighted by molar-refractivity contribution is -0.389. The van der Waals surface area contributed by atoms with Gasteiger partial charge in [-0.25, -0.2) is 0 Å². The van der Waals surface area contributed by atoms with E-state index in [-0.39, 0.29) is 28.6 Å². The smallest absolute Gasteiger partial charge is 0.358 e. The fraction of sp³-hybridized carbons (Fsp3) is 0.647. The minimum atomic E-state index is -0.362. The summed E-state index contributed by atoms with van der Waals surface area (Å²) in [5.41, 5.74) is 0. The fourth-order valence-corrected chi connectivity index (χ4v) is 4.77. The van der Waals surface area contributed by atoms with Crippen LogP contribution >= 0.6 is 11.3 Å². The lowest BCUT2D eigenvalue weighted by atomic mass is 9.88. The number of piperidine rings is 1. The van der Waals surface area contributed by atoms with Crippen LogP contribution in [0, 0.1) is 16.0 Å². The van der Waals surface area contributed by atoms with Crippen molar-refractivity contribution in [3.05, 3.63) is 21.7 Å². The van der Waals surface area contributed by atoms with Gasteiger partial charge in [0.1, 0.15) is 6.20 Å². The van der Waals surface area contributed by atoms with Gasteiger partial charge in [0.25, 0.3) is 4.96 Å². The van der Waals surface area contributed by atoms with Gasteiger partial charge in [0, 0.05) is 30.4 Å². The number of nitrogens with zero attached hydrogens (tertiary/aromatic N) is 4. The molecule has 3 heterocycles. The standard InChI is InChI=1S/C17H23N5O3S/c23-15(12-4-2-1-3-5-12)18-13-6-8-20(9-7-13)14-16(22(24)25)21-10-11-26-17(21)19-14/h10-13H,1-9H2,(H,18,23). The highest BCUT2D eigenvalue weighted by Gasteiger charge is 2.31. The lowest BCUT2D eigenvalue weighted by Crippen LogP contribution is -2.46. The van der Waals surface area contributed by atoms with E-state index < -0.39 is 0 Å². The molecule has 0 aromatic carbocycles. The van der Waals surface area contributed by atoms with E-state index in [1.54, 1.807) is 11.6 Å². The number of nitro groups is 1. The van der Waals surface area contributed by atoms with Crippen molar-refractivity contribution in [2.24, 2.45) is 5.92 Å². The van der Waals surface area contributed by atoms with E-state index in [2.05, 4.69) is 10.3 Å². The van der Waals surface area contributed by atoms with Crippen LogP contribution in [0.15, 0.2) is 11.6 Å². The summed E-state index contributed by atoms with van der Waals surface area (Å²) in [6, 6.07) is 0.156. The zero-order chi connectivity index (χ0) is 18.1. The predicted octanol–water partition coefficient (Wildman–Crippen LogP) is 2.97. The maximum Gasteiger partial charge on any atom is 0.373 e. The Morgan fingerprint density at radius 1 is 1.23 bits per heavy atom. The van der Waals surface area contributed by atoms with Gasteiger partial charge in [-0.15, -0.1) is 0 Å². The van der Waals surface area contributed by atoms with Gasteiger partial charge in [-0.2, -0.15) is 9.38 Å². The average Bonchev–Trinajstić information content (AvgIpc) is 3.23. The van der Waals surface area contributed by atoms with Gasteiger partial charge in [-0.1, -0.05) is 30.6 Å². The largest absolute Gasteiger partial charge is 0.373 e. The molecule has 0 unspecified atom stereocenters. The Labute approximate surface area is 155 Å². The maximum absolute atomic E-state index is 12.4. The summed E-state index contributed by atoms with van der Waals surface area (Å²) in [5, 5.41) is 16.5. The minimum absolute atomic E-state index is 0.0333. The van der Waals surface area contributed by atoms with Crippen molar-refractivity contribution in [3.8, 4) is 0 Å². The quantitative estimate of drug-likeness (QED) is 0.653. The Kier molecular flexibility index (Phi) is 4.80. The van der Waals surface area contributed by atoms with Gasteiger partial charge >= 0.3 is 5.82 Å². The van der Waals surface area contributed by atoms with Crippen molar-refractivity contribution in [3.63, 3.8) is 0 Å². The zero-order valence-corrected chi connectivity index (χ0v) is 15.4. The summed E-state index contributed by atoms with van der Waals surface area (Å²) >= 11 is 1.39. The first-order valence-electron chi connectivity index (χ1n) is 9.29. The third-order valence-corrected chi connectivity index (χ3v) is 6.27. The van der Waals surface area contributed by atoms with Crippen molar-refractivity contribution in [1.29, 1.82) is 0 Å². The normalized spacial score (nSPS) is 19.8. The molecule has 2 aromatic heterocycles. The Morgan fingerprint density at radius 2 is 1.96 bits per heavy atom. The van der Waals surface area contributed by atoms with Crippen LogP contribution in [-0.2, 0) is 4.79 Å². The molecule has 1 saturated carbocycles. The number of thiazole rings is 1. The number of fused-ring (bicyclic) bond motifs is 1. The average molecular weight is 377 g/mol. The van der Waals surface area contributed by atoms with Crippen LogP contribution in [0.3, 0.4) is 0 Å². The summed E-state index contributed by atoms with van der Waals surface area (Å²) in [5.74, 6) is 0.837. The molecule has 0 bridgehead atoms. The number of hydrogen-bond acceptors (Lipinski definition) is 6. The van der Waals surface area contributed by atoms with Crippen LogP contribution in [0.25, 0.3) is 4.96 Å². The van der Waals surface area contributed by atoms with Gasteiger partial charge in [0.05, 0.1) is 0 Å². The number of carbonyl (C=O) groups is 1. The molecule has 2 aromatic rings. The first kappa shape index (κ1) is 17.3. The molecule has 0 spiro atoms. The second-order valence-corrected chi connectivity index (χ2v) is 8.05. The Balaban J connectivity index is 1.39. The molecular formula is C17H23N5O3S. The van der Waals surface area contributed by atoms with Gasteiger partial charge in [0.2, 0.25) is 11.7 Å². The number of imidazole rings is 1. The molecule has 26 heavy (non-hydrogen) atoms. The molecule has 9 heteroatoms. The van der Waals surface area contributed by atoms with Gasteiger partial charge in [-0.3, -0.25) is 4.79 Å². The van der Waals surface area contributed by atoms with Crippen LogP contribution in [0.2, 0.25) is 0 Å². The molecular weight excluding hydrogens is 354 g/mol. The number of hydrogen-bond donors (Lipinski definition) is 1. The maximum atomic E-state index is 12.4. The van der Waals surface area contributed by atoms with Crippen molar-refractivity contribution < 1.29 is 9.72 Å². The third kappa shape index (κ3) is 3.27. The van der Waals surface area contributed by atoms with Crippen molar-refractivity contribution in [1.82, 2.24) is 14.7 Å². The molecule has 1 amide bonds. The SMILES string of the molecule is O=C(NC1CCN(c2nc3sccn3c2[N+](=O)[O-])CC1)C1CCCCC1. The van der Waals surface area contributed by atoms with E-state index in [1.165, 1.54) is 22.2 Å². The van der Waals surface area contributed by atoms with Crippen LogP contribution in [-0.4, -0.2) is 39.3 Å². The van der Waals surface area contributed by atoms with E-state index in [0.29, 0.717) is 23.9 Å². The van der Waals surface area contributed by atoms with Crippen molar-refractivity contribution in [2.75, 3.05) is 18.0 Å². The van der Waals surface area contributed by atoms with E-state index in [1.807, 2.05) is 4.90 Å². The second kappa shape index (κ2) is 7.22. The molecule has 8 nitrogen and oxygen atoms in total. The van der Waals surface area contributed by atoms with E-state index in [4.69, 9.17) is 0 Å². The van der Waals surface area contributed by atoms with Crippen LogP contribution in [0.4, 0.5) is 11.6 Å². The molecule has 140 valence electrons. The molecule has 0 atom stereocenters. The number of nitrogens with one attached hydrogen (secondary N) is 1. The molecule has 1 aliphatic carbocycles. The predicted molar refractivity (Wildman–Crippen MR) is 99.7 cm³/mol. The number of anilines is 1. The molecule has 4 rings (SSSR count). The number of rotatable bonds is 4. The topological polar surface area (TPSA) is 92.8 Å². The third-order valence-electron chi connectivity index (χ3n) is 5.51. The van der Waals surface area contributed by atoms with E-state index in [0.717, 1.165) is 38.5 Å². The highest BCUT2D eigenvalue weighted by atomic mass is 32.1. The highest BCUT2D eigenvalue weighted by Crippen LogP contribution is 2.32. The second-order valence-electron chi connectivity index (χ2n) is 7.18. The molecule has 0 radical (unpaired) electrons. The molecule has 1 N–H and O–H groups in total. The first-order chi connectivity index (χ1) is 12.6. The fourth-order valence-electron chi connectivity index (χ4n) is 4.06. The van der Waals surface area contributed by atoms with Crippen LogP contribution < -0.4 is 10.2 Å². The van der Waals surface area contributed by atoms with Crippen LogP contribution in [0.1, 0.15) is 44.9 Å². The summed E-state index contributed by atoms with van der Waals surface area (Å²) in [6.45, 7) is 1.34. The van der Waals surface area contributed by atoms with Gasteiger partial charge in [-0.05, 0) is 30.6 Å². The summed E-state index contributed by atoms with van der Waals surface area (Å²) in [4.78, 5) is 30.6. The molecule has 2 aliphatic rings. The Hall–Kier alpha value is -2.16. The Bertz CT molecular complexity index is 803. The molecule has 2 fully saturated rings. The minimum Gasteiger partial charge on any atom is -0.358 e. The summed E-state index contributed by atoms with van der Waals surface area (Å²) in [7, 11) is 0. The van der Waals surface area contributed by atoms with E-state index in [9.17, 15) is 14.9 Å². The number of amides is 1. The van der Waals surface area contributed by atoms with Crippen molar-refractivity contribution >= 4 is 33.8 Å². The molecule has 1 saturated heterocycles.